The molecule has 1 radical (unpaired) electrons. The molecule has 9 heterocycles. The summed E-state index contributed by atoms with van der Waals surface area (Å²) in [5.41, 5.74) is 8.60. The third kappa shape index (κ3) is 5.44. The van der Waals surface area contributed by atoms with Crippen molar-refractivity contribution in [1.29, 1.82) is 0 Å². The molecular weight excluding hydrogens is 928 g/mol. The maximum absolute atomic E-state index is 13.5. The molecule has 8 bridgehead atoms. The monoisotopic (exact) mass is 967 g/mol. The Morgan fingerprint density at radius 1 is 0.348 bits per heavy atom. The van der Waals surface area contributed by atoms with Gasteiger partial charge in [0.2, 0.25) is 0 Å². The molecule has 0 saturated heterocycles. The minimum Gasteiger partial charge on any atom is -0.357 e. The predicted molar refractivity (Wildman–Crippen MR) is 260 cm³/mol. The summed E-state index contributed by atoms with van der Waals surface area (Å²) in [5.74, 6) is 1.19. The fourth-order valence-corrected chi connectivity index (χ4v) is 10.5. The van der Waals surface area contributed by atoms with Crippen molar-refractivity contribution in [3.05, 3.63) is 90.5 Å². The van der Waals surface area contributed by atoms with Gasteiger partial charge in [0.05, 0.1) is 67.4 Å². The SMILES string of the molecule is CCn1c(=O)n(C)c2cc3c(cc21)-c1nc-3nc2[n-]c(nc3nc(nc4[n-]c(n1)c1cc5c(cc41)n(CC)c(=O)n5C)-c1cc4c(cc1-3)n(C)c(=O)n4CC)c1cc3c(cc21)n(C)c(=O)n3CC.[Cu+2]. The van der Waals surface area contributed by atoms with Crippen LogP contribution in [0.4, 0.5) is 0 Å². The van der Waals surface area contributed by atoms with E-state index in [-0.39, 0.29) is 39.8 Å². The van der Waals surface area contributed by atoms with Gasteiger partial charge in [0.25, 0.3) is 0 Å². The topological polar surface area (TPSA) is 213 Å². The van der Waals surface area contributed by atoms with Crippen LogP contribution in [0.1, 0.15) is 27.7 Å². The van der Waals surface area contributed by atoms with Crippen molar-refractivity contribution in [3.63, 3.8) is 0 Å². The summed E-state index contributed by atoms with van der Waals surface area (Å²) in [4.78, 5) is 95.4. The molecule has 2 aliphatic heterocycles. The molecule has 20 nitrogen and oxygen atoms in total. The van der Waals surface area contributed by atoms with Crippen LogP contribution < -0.4 is 32.7 Å². The maximum atomic E-state index is 13.5. The third-order valence-electron chi connectivity index (χ3n) is 14.0. The normalized spacial score (nSPS) is 12.4. The molecule has 0 fully saturated rings. The van der Waals surface area contributed by atoms with Gasteiger partial charge in [-0.1, -0.05) is 0 Å². The van der Waals surface area contributed by atoms with Gasteiger partial charge in [-0.15, -0.1) is 0 Å². The zero-order chi connectivity index (χ0) is 46.9. The van der Waals surface area contributed by atoms with Gasteiger partial charge in [-0.3, -0.25) is 36.5 Å². The van der Waals surface area contributed by atoms with Gasteiger partial charge in [-0.05, 0) is 97.8 Å². The van der Waals surface area contributed by atoms with E-state index in [0.29, 0.717) is 160 Å². The Kier molecular flexibility index (Phi) is 8.82. The van der Waals surface area contributed by atoms with E-state index in [0.717, 1.165) is 0 Å². The van der Waals surface area contributed by atoms with E-state index < -0.39 is 0 Å². The van der Waals surface area contributed by atoms with Crippen molar-refractivity contribution in [3.8, 4) is 45.6 Å². The van der Waals surface area contributed by atoms with Crippen LogP contribution in [0.15, 0.2) is 67.7 Å². The van der Waals surface area contributed by atoms with Crippen LogP contribution >= 0.6 is 0 Å². The van der Waals surface area contributed by atoms with Gasteiger partial charge in [-0.25, -0.2) is 29.1 Å². The van der Waals surface area contributed by atoms with Gasteiger partial charge in [0.1, 0.15) is 0 Å². The van der Waals surface area contributed by atoms with Crippen LogP contribution in [0, 0.1) is 0 Å². The minimum absolute atomic E-state index is 0. The Hall–Kier alpha value is -8.16. The number of benzene rings is 4. The number of hydrogen-bond acceptors (Lipinski definition) is 10. The summed E-state index contributed by atoms with van der Waals surface area (Å²) >= 11 is 0. The van der Waals surface area contributed by atoms with E-state index in [1.54, 1.807) is 64.7 Å². The van der Waals surface area contributed by atoms with E-state index in [9.17, 15) is 19.2 Å². The Balaban J connectivity index is 0.00000492. The van der Waals surface area contributed by atoms with Crippen molar-refractivity contribution in [1.82, 2.24) is 76.4 Å². The smallest absolute Gasteiger partial charge is 0.357 e. The first-order valence-electron chi connectivity index (χ1n) is 22.5. The molecule has 21 heteroatoms. The van der Waals surface area contributed by atoms with Crippen LogP contribution in [-0.4, -0.2) is 66.4 Å². The number of hydrogen-bond donors (Lipinski definition) is 0. The molecule has 0 spiro atoms. The van der Waals surface area contributed by atoms with E-state index >= 15 is 0 Å². The first kappa shape index (κ1) is 42.2. The number of fused-ring (bicyclic) bond motifs is 24. The molecular formula is C48H40CuN16O4. The molecule has 0 N–H and O–H groups in total. The summed E-state index contributed by atoms with van der Waals surface area (Å²) < 4.78 is 13.2. The summed E-state index contributed by atoms with van der Waals surface area (Å²) in [6.07, 6.45) is 0. The molecule has 0 atom stereocenters. The molecule has 7 aromatic heterocycles. The van der Waals surface area contributed by atoms with Crippen molar-refractivity contribution < 1.29 is 17.1 Å². The average molecular weight is 969 g/mol. The summed E-state index contributed by atoms with van der Waals surface area (Å²) in [6.45, 7) is 9.46. The third-order valence-corrected chi connectivity index (χ3v) is 14.0. The van der Waals surface area contributed by atoms with Crippen LogP contribution in [0.25, 0.3) is 134 Å². The Morgan fingerprint density at radius 3 is 0.826 bits per heavy atom. The molecule has 13 rings (SSSR count). The van der Waals surface area contributed by atoms with E-state index in [4.69, 9.17) is 39.9 Å². The second kappa shape index (κ2) is 14.4. The van der Waals surface area contributed by atoms with Gasteiger partial charge in [0.15, 0.2) is 0 Å². The van der Waals surface area contributed by atoms with Crippen LogP contribution in [0.5, 0.6) is 0 Å². The zero-order valence-corrected chi connectivity index (χ0v) is 39.5. The quantitative estimate of drug-likeness (QED) is 0.217. The van der Waals surface area contributed by atoms with Gasteiger partial charge in [-0.2, -0.15) is 0 Å². The number of aromatic nitrogens is 16. The number of nitrogens with zero attached hydrogens (tertiary/aromatic N) is 16. The average Bonchev–Trinajstić information content (AvgIpc) is 4.20. The zero-order valence-electron chi connectivity index (χ0n) is 38.5. The number of rotatable bonds is 4. The molecule has 4 aromatic carbocycles. The molecule has 0 saturated carbocycles. The van der Waals surface area contributed by atoms with Crippen LogP contribution in [-0.2, 0) is 71.4 Å². The summed E-state index contributed by atoms with van der Waals surface area (Å²) in [7, 11) is 6.95. The van der Waals surface area contributed by atoms with Crippen molar-refractivity contribution in [2.75, 3.05) is 0 Å². The molecule has 347 valence electrons. The van der Waals surface area contributed by atoms with Crippen molar-refractivity contribution in [2.24, 2.45) is 28.2 Å². The van der Waals surface area contributed by atoms with Gasteiger partial charge < -0.3 is 29.9 Å². The fourth-order valence-electron chi connectivity index (χ4n) is 10.5. The van der Waals surface area contributed by atoms with Crippen LogP contribution in [0.2, 0.25) is 0 Å². The standard InChI is InChI=1S/C48H40N16O4.Cu/c1-9-61-33-17-25-21(13-29(33)57(5)45(61)65)37-49-38-22-14-30-34(62(10-2)46(66)58(30)6)18-26(22)42(51-38)53-40-24-16-32-36(64(12-4)48(68)60(32)8)20-28(24)44(55-40)56-43-27-19-35-31(59(7)47(67)63(35)11-3)15-23(27)39(54-43)52-41(25)50-37;/h13-20H,9-12H2,1-8H3;/q-2;+2. The Labute approximate surface area is 398 Å². The minimum atomic E-state index is -0.163. The fraction of sp³-hybridized carbons (Fsp3) is 0.250. The maximum Gasteiger partial charge on any atom is 2.00 e. The summed E-state index contributed by atoms with van der Waals surface area (Å²) in [5, 5.41) is 2.50. The van der Waals surface area contributed by atoms with Gasteiger partial charge >= 0.3 is 39.8 Å². The molecule has 0 amide bonds. The first-order valence-corrected chi connectivity index (χ1v) is 22.5. The molecule has 2 aliphatic rings. The summed E-state index contributed by atoms with van der Waals surface area (Å²) in [6, 6.07) is 15.3. The second-order valence-electron chi connectivity index (χ2n) is 17.4. The second-order valence-corrected chi connectivity index (χ2v) is 17.4. The predicted octanol–water partition coefficient (Wildman–Crippen LogP) is 4.82. The van der Waals surface area contributed by atoms with Crippen molar-refractivity contribution in [2.45, 2.75) is 53.9 Å². The first-order chi connectivity index (χ1) is 32.8. The van der Waals surface area contributed by atoms with Gasteiger partial charge in [0, 0.05) is 99.2 Å². The largest absolute Gasteiger partial charge is 2.00 e. The van der Waals surface area contributed by atoms with Crippen molar-refractivity contribution >= 4 is 88.3 Å². The van der Waals surface area contributed by atoms with E-state index in [1.807, 2.05) is 76.2 Å². The molecule has 11 aromatic rings. The molecule has 0 aliphatic carbocycles. The number of imidazole rings is 4. The van der Waals surface area contributed by atoms with E-state index in [1.165, 1.54) is 0 Å². The molecule has 69 heavy (non-hydrogen) atoms. The molecule has 0 unspecified atom stereocenters. The van der Waals surface area contributed by atoms with E-state index in [2.05, 4.69) is 0 Å². The Morgan fingerprint density at radius 2 is 0.565 bits per heavy atom. The Bertz CT molecular complexity index is 4600. The van der Waals surface area contributed by atoms with Crippen LogP contribution in [0.3, 0.4) is 0 Å². The number of aryl methyl sites for hydroxylation is 8.